The van der Waals surface area contributed by atoms with Gasteiger partial charge in [-0.05, 0) is 23.1 Å². The van der Waals surface area contributed by atoms with Crippen molar-refractivity contribution in [1.82, 2.24) is 10.3 Å². The molecule has 0 spiro atoms. The predicted octanol–water partition coefficient (Wildman–Crippen LogP) is 2.73. The van der Waals surface area contributed by atoms with Gasteiger partial charge >= 0.3 is 0 Å². The molecule has 0 aliphatic heterocycles. The SMILES string of the molecule is O=C(NCc1cccnc1)c1sccc1Cl. The van der Waals surface area contributed by atoms with Crippen molar-refractivity contribution >= 4 is 28.8 Å². The molecule has 0 saturated carbocycles. The van der Waals surface area contributed by atoms with E-state index in [0.717, 1.165) is 5.56 Å². The smallest absolute Gasteiger partial charge is 0.263 e. The van der Waals surface area contributed by atoms with E-state index < -0.39 is 0 Å². The van der Waals surface area contributed by atoms with E-state index in [4.69, 9.17) is 11.6 Å². The van der Waals surface area contributed by atoms with Crippen LogP contribution in [-0.2, 0) is 6.54 Å². The first kappa shape index (κ1) is 11.1. The first-order valence-corrected chi connectivity index (χ1v) is 5.93. The second-order valence-electron chi connectivity index (χ2n) is 3.14. The number of amides is 1. The fraction of sp³-hybridized carbons (Fsp3) is 0.0909. The first-order chi connectivity index (χ1) is 7.77. The molecule has 0 unspecified atom stereocenters. The molecule has 3 nitrogen and oxygen atoms in total. The summed E-state index contributed by atoms with van der Waals surface area (Å²) in [5.41, 5.74) is 0.962. The van der Waals surface area contributed by atoms with Crippen LogP contribution in [0.3, 0.4) is 0 Å². The molecule has 82 valence electrons. The third-order valence-corrected chi connectivity index (χ3v) is 3.34. The molecule has 1 N–H and O–H groups in total. The Hall–Kier alpha value is -1.39. The van der Waals surface area contributed by atoms with Gasteiger partial charge in [-0.15, -0.1) is 11.3 Å². The summed E-state index contributed by atoms with van der Waals surface area (Å²) in [6.45, 7) is 0.459. The van der Waals surface area contributed by atoms with Crippen molar-refractivity contribution in [2.75, 3.05) is 0 Å². The van der Waals surface area contributed by atoms with Crippen molar-refractivity contribution in [3.8, 4) is 0 Å². The van der Waals surface area contributed by atoms with Crippen molar-refractivity contribution in [2.45, 2.75) is 6.54 Å². The molecule has 0 aliphatic carbocycles. The summed E-state index contributed by atoms with van der Waals surface area (Å²) in [4.78, 5) is 16.2. The van der Waals surface area contributed by atoms with Gasteiger partial charge in [0.15, 0.2) is 0 Å². The van der Waals surface area contributed by atoms with Crippen molar-refractivity contribution in [1.29, 1.82) is 0 Å². The fourth-order valence-electron chi connectivity index (χ4n) is 1.22. The third-order valence-electron chi connectivity index (χ3n) is 2.00. The average Bonchev–Trinajstić information content (AvgIpc) is 2.74. The van der Waals surface area contributed by atoms with E-state index in [2.05, 4.69) is 10.3 Å². The lowest BCUT2D eigenvalue weighted by Crippen LogP contribution is -2.22. The van der Waals surface area contributed by atoms with Gasteiger partial charge in [0.2, 0.25) is 0 Å². The Morgan fingerprint density at radius 3 is 3.00 bits per heavy atom. The van der Waals surface area contributed by atoms with Crippen LogP contribution < -0.4 is 5.32 Å². The van der Waals surface area contributed by atoms with Crippen LogP contribution in [0.5, 0.6) is 0 Å². The van der Waals surface area contributed by atoms with Crippen molar-refractivity contribution in [2.24, 2.45) is 0 Å². The molecule has 0 atom stereocenters. The van der Waals surface area contributed by atoms with Crippen LogP contribution in [0.15, 0.2) is 36.0 Å². The molecular weight excluding hydrogens is 244 g/mol. The molecule has 0 aliphatic rings. The van der Waals surface area contributed by atoms with Crippen LogP contribution >= 0.6 is 22.9 Å². The van der Waals surface area contributed by atoms with E-state index in [-0.39, 0.29) is 5.91 Å². The number of carbonyl (C=O) groups is 1. The summed E-state index contributed by atoms with van der Waals surface area (Å²) >= 11 is 7.19. The van der Waals surface area contributed by atoms with E-state index in [1.165, 1.54) is 11.3 Å². The predicted molar refractivity (Wildman–Crippen MR) is 64.7 cm³/mol. The highest BCUT2D eigenvalue weighted by Gasteiger charge is 2.10. The molecule has 2 rings (SSSR count). The molecule has 16 heavy (non-hydrogen) atoms. The number of hydrogen-bond donors (Lipinski definition) is 1. The highest BCUT2D eigenvalue weighted by molar-refractivity contribution is 7.12. The van der Waals surface area contributed by atoms with Gasteiger partial charge in [0, 0.05) is 18.9 Å². The van der Waals surface area contributed by atoms with Gasteiger partial charge in [-0.2, -0.15) is 0 Å². The summed E-state index contributed by atoms with van der Waals surface area (Å²) in [5.74, 6) is -0.149. The Morgan fingerprint density at radius 2 is 2.38 bits per heavy atom. The maximum Gasteiger partial charge on any atom is 0.263 e. The number of halogens is 1. The molecule has 0 radical (unpaired) electrons. The number of aromatic nitrogens is 1. The topological polar surface area (TPSA) is 42.0 Å². The zero-order valence-corrected chi connectivity index (χ0v) is 9.89. The van der Waals surface area contributed by atoms with E-state index in [1.54, 1.807) is 23.8 Å². The van der Waals surface area contributed by atoms with Gasteiger partial charge < -0.3 is 5.32 Å². The minimum atomic E-state index is -0.149. The molecule has 0 fully saturated rings. The molecular formula is C11H9ClN2OS. The van der Waals surface area contributed by atoms with Gasteiger partial charge in [-0.1, -0.05) is 17.7 Å². The van der Waals surface area contributed by atoms with Gasteiger partial charge in [-0.3, -0.25) is 9.78 Å². The van der Waals surface area contributed by atoms with Crippen LogP contribution in [0.2, 0.25) is 5.02 Å². The molecule has 2 heterocycles. The zero-order chi connectivity index (χ0) is 11.4. The Morgan fingerprint density at radius 1 is 1.50 bits per heavy atom. The average molecular weight is 253 g/mol. The van der Waals surface area contributed by atoms with Crippen LogP contribution in [0, 0.1) is 0 Å². The number of rotatable bonds is 3. The monoisotopic (exact) mass is 252 g/mol. The fourth-order valence-corrected chi connectivity index (χ4v) is 2.28. The van der Waals surface area contributed by atoms with Crippen LogP contribution in [0.25, 0.3) is 0 Å². The highest BCUT2D eigenvalue weighted by Crippen LogP contribution is 2.21. The Bertz CT molecular complexity index is 484. The summed E-state index contributed by atoms with van der Waals surface area (Å²) in [7, 11) is 0. The lowest BCUT2D eigenvalue weighted by atomic mass is 10.3. The molecule has 5 heteroatoms. The molecule has 0 aromatic carbocycles. The highest BCUT2D eigenvalue weighted by atomic mass is 35.5. The van der Waals surface area contributed by atoms with Crippen LogP contribution in [0.1, 0.15) is 15.2 Å². The van der Waals surface area contributed by atoms with E-state index >= 15 is 0 Å². The summed E-state index contributed by atoms with van der Waals surface area (Å²) in [6, 6.07) is 5.45. The number of hydrogen-bond acceptors (Lipinski definition) is 3. The maximum atomic E-state index is 11.7. The molecule has 0 bridgehead atoms. The first-order valence-electron chi connectivity index (χ1n) is 4.67. The number of nitrogens with zero attached hydrogens (tertiary/aromatic N) is 1. The number of nitrogens with one attached hydrogen (secondary N) is 1. The molecule has 0 saturated heterocycles. The van der Waals surface area contributed by atoms with Gasteiger partial charge in [0.25, 0.3) is 5.91 Å². The summed E-state index contributed by atoms with van der Waals surface area (Å²) in [5, 5.41) is 5.08. The normalized spacial score (nSPS) is 10.1. The van der Waals surface area contributed by atoms with Gasteiger partial charge in [0.05, 0.1) is 5.02 Å². The number of thiophene rings is 1. The molecule has 2 aromatic rings. The second kappa shape index (κ2) is 5.09. The summed E-state index contributed by atoms with van der Waals surface area (Å²) < 4.78 is 0. The Labute approximate surface area is 102 Å². The summed E-state index contributed by atoms with van der Waals surface area (Å²) in [6.07, 6.45) is 3.41. The van der Waals surface area contributed by atoms with E-state index in [0.29, 0.717) is 16.4 Å². The van der Waals surface area contributed by atoms with Gasteiger partial charge in [0.1, 0.15) is 4.88 Å². The van der Waals surface area contributed by atoms with E-state index in [9.17, 15) is 4.79 Å². The lowest BCUT2D eigenvalue weighted by Gasteiger charge is -2.03. The van der Waals surface area contributed by atoms with Crippen LogP contribution in [-0.4, -0.2) is 10.9 Å². The lowest BCUT2D eigenvalue weighted by molar-refractivity contribution is 0.0955. The second-order valence-corrected chi connectivity index (χ2v) is 4.46. The molecule has 1 amide bonds. The van der Waals surface area contributed by atoms with Crippen molar-refractivity contribution in [3.05, 3.63) is 51.4 Å². The molecule has 2 aromatic heterocycles. The van der Waals surface area contributed by atoms with E-state index in [1.807, 2.05) is 12.1 Å². The Kier molecular flexibility index (Phi) is 3.54. The largest absolute Gasteiger partial charge is 0.347 e. The standard InChI is InChI=1S/C11H9ClN2OS/c12-9-3-5-16-10(9)11(15)14-7-8-2-1-4-13-6-8/h1-6H,7H2,(H,14,15). The minimum absolute atomic E-state index is 0.149. The maximum absolute atomic E-state index is 11.7. The third kappa shape index (κ3) is 2.59. The van der Waals surface area contributed by atoms with Crippen molar-refractivity contribution in [3.63, 3.8) is 0 Å². The Balaban J connectivity index is 1.97. The zero-order valence-electron chi connectivity index (χ0n) is 8.31. The van der Waals surface area contributed by atoms with Crippen molar-refractivity contribution < 1.29 is 4.79 Å². The number of pyridine rings is 1. The van der Waals surface area contributed by atoms with Gasteiger partial charge in [-0.25, -0.2) is 0 Å². The van der Waals surface area contributed by atoms with Crippen LogP contribution in [0.4, 0.5) is 0 Å². The number of carbonyl (C=O) groups excluding carboxylic acids is 1. The quantitative estimate of drug-likeness (QED) is 0.913. The minimum Gasteiger partial charge on any atom is -0.347 e.